The van der Waals surface area contributed by atoms with E-state index in [4.69, 9.17) is 39.2 Å². The Bertz CT molecular complexity index is 7690. The monoisotopic (exact) mass is 1750 g/mol. The van der Waals surface area contributed by atoms with E-state index in [1.54, 1.807) is 30.3 Å². The molecule has 0 bridgehead atoms. The molecule has 11 nitrogen and oxygen atoms in total. The van der Waals surface area contributed by atoms with Gasteiger partial charge in [0.2, 0.25) is 0 Å². The first kappa shape index (κ1) is 84.6. The van der Waals surface area contributed by atoms with Crippen molar-refractivity contribution in [1.82, 2.24) is 29.9 Å². The SMILES string of the molecule is CC1(C)OB(c2ccc(-c3nc(-c4ccccc4)nc(-c4ccccc4)n3)cc2)OC1(C)C.O=S(=O)(Oc1ccc2ccccc2c1-c1ccc2c3ccccc3c3ccccc3c2c1)C(F)(F)C(F)(F)C(F)(F)C(F)(F)F.c1ccc(-c2nc(-c3ccccc3)nc(-c3ccc(-c4ccc5ccccc5c4-c4ccc5c6ccccc6c6ccccc6c5c4)cc3)n2)cc1. The molecule has 0 radical (unpaired) electrons. The molecule has 130 heavy (non-hydrogen) atoms. The minimum Gasteiger partial charge on any atom is -0.399 e. The lowest BCUT2D eigenvalue weighted by molar-refractivity contribution is -0.382. The van der Waals surface area contributed by atoms with Gasteiger partial charge in [0.15, 0.2) is 40.7 Å². The summed E-state index contributed by atoms with van der Waals surface area (Å²) in [6.07, 6.45) is -7.21. The van der Waals surface area contributed by atoms with E-state index in [-0.39, 0.29) is 27.7 Å². The van der Waals surface area contributed by atoms with Gasteiger partial charge < -0.3 is 13.5 Å². The Labute approximate surface area is 741 Å². The van der Waals surface area contributed by atoms with Gasteiger partial charge in [-0.15, -0.1) is 0 Å². The highest BCUT2D eigenvalue weighted by atomic mass is 32.2. The van der Waals surface area contributed by atoms with E-state index in [1.165, 1.54) is 84.0 Å². The summed E-state index contributed by atoms with van der Waals surface area (Å²) < 4.78 is 164. The van der Waals surface area contributed by atoms with Crippen molar-refractivity contribution in [3.63, 3.8) is 0 Å². The normalized spacial score (nSPS) is 13.5. The van der Waals surface area contributed by atoms with Crippen LogP contribution in [0.15, 0.2) is 376 Å². The second kappa shape index (κ2) is 33.4. The zero-order chi connectivity index (χ0) is 90.1. The van der Waals surface area contributed by atoms with Gasteiger partial charge in [0, 0.05) is 38.9 Å². The highest BCUT2D eigenvalue weighted by Gasteiger charge is 2.86. The van der Waals surface area contributed by atoms with E-state index < -0.39 is 46.3 Å². The summed E-state index contributed by atoms with van der Waals surface area (Å²) in [4.78, 5) is 29.1. The number of aromatic nitrogens is 6. The third-order valence-electron chi connectivity index (χ3n) is 24.1. The quantitative estimate of drug-likeness (QED) is 0.0419. The lowest BCUT2D eigenvalue weighted by Crippen LogP contribution is -2.63. The molecule has 3 heterocycles. The summed E-state index contributed by atoms with van der Waals surface area (Å²) in [6, 6.07) is 122. The molecule has 0 saturated carbocycles. The summed E-state index contributed by atoms with van der Waals surface area (Å²) in [7, 11) is -7.58. The second-order valence-electron chi connectivity index (χ2n) is 32.6. The van der Waals surface area contributed by atoms with Crippen LogP contribution in [0.4, 0.5) is 39.5 Å². The largest absolute Gasteiger partial charge is 0.494 e. The number of fused-ring (bicyclic) bond motifs is 14. The molecular formula is C108H74BF9N6O5S. The van der Waals surface area contributed by atoms with Crippen molar-refractivity contribution >= 4 is 109 Å². The van der Waals surface area contributed by atoms with E-state index >= 15 is 0 Å². The zero-order valence-corrected chi connectivity index (χ0v) is 70.7. The average Bonchev–Trinajstić information content (AvgIpc) is 1.12. The van der Waals surface area contributed by atoms with Crippen LogP contribution >= 0.6 is 0 Å². The Morgan fingerprint density at radius 2 is 0.538 bits per heavy atom. The van der Waals surface area contributed by atoms with Gasteiger partial charge in [-0.1, -0.05) is 358 Å². The Hall–Kier alpha value is -14.8. The molecule has 0 spiro atoms. The summed E-state index contributed by atoms with van der Waals surface area (Å²) in [5, 5.41) is 8.44. The Morgan fingerprint density at radius 1 is 0.269 bits per heavy atom. The molecular weight excluding hydrogens is 1680 g/mol. The van der Waals surface area contributed by atoms with Gasteiger partial charge in [-0.05, 0) is 165 Å². The molecule has 21 rings (SSSR count). The van der Waals surface area contributed by atoms with E-state index in [2.05, 4.69) is 159 Å². The Kier molecular flexibility index (Phi) is 21.8. The fourth-order valence-electron chi connectivity index (χ4n) is 16.7. The lowest BCUT2D eigenvalue weighted by atomic mass is 9.79. The highest BCUT2D eigenvalue weighted by molar-refractivity contribution is 7.88. The van der Waals surface area contributed by atoms with Crippen LogP contribution in [0.3, 0.4) is 0 Å². The van der Waals surface area contributed by atoms with Gasteiger partial charge in [0.05, 0.1) is 11.2 Å². The molecule has 1 aliphatic rings. The van der Waals surface area contributed by atoms with Crippen molar-refractivity contribution in [1.29, 1.82) is 0 Å². The Balaban J connectivity index is 0.000000130. The van der Waals surface area contributed by atoms with E-state index in [0.29, 0.717) is 45.7 Å². The van der Waals surface area contributed by atoms with Crippen molar-refractivity contribution in [2.24, 2.45) is 0 Å². The average molecular weight is 1750 g/mol. The Morgan fingerprint density at radius 3 is 0.892 bits per heavy atom. The third-order valence-corrected chi connectivity index (χ3v) is 25.3. The van der Waals surface area contributed by atoms with Crippen molar-refractivity contribution in [2.45, 2.75) is 62.2 Å². The van der Waals surface area contributed by atoms with Crippen molar-refractivity contribution in [3.05, 3.63) is 376 Å². The van der Waals surface area contributed by atoms with Gasteiger partial charge in [-0.25, -0.2) is 29.9 Å². The van der Waals surface area contributed by atoms with E-state index in [9.17, 15) is 47.9 Å². The summed E-state index contributed by atoms with van der Waals surface area (Å²) in [5.74, 6) is -12.0. The smallest absolute Gasteiger partial charge is 0.399 e. The van der Waals surface area contributed by atoms with Crippen LogP contribution in [-0.4, -0.2) is 79.9 Å². The van der Waals surface area contributed by atoms with E-state index in [0.717, 1.165) is 77.4 Å². The number of alkyl halides is 9. The standard InChI is InChI=1S/C49H31N3.C32H17F9O3S.C27H26BN3O2/c1-3-14-34(15-4-1)47-50-48(35-16-5-2-6-17-35)52-49(51-47)36-25-23-33(24-26-36)39-29-27-32-13-7-8-18-38(32)46(39)37-28-30-44-42-21-10-9-19-40(42)41-20-11-12-22-43(41)45(44)31-37;33-29(34,31(37,38)39)30(35,36)32(40,41)45(42,43)44-27-16-14-18-7-1-2-8-20(18)28(27)19-13-15-25-23-11-4-3-9-21(23)22-10-5-6-12-24(22)26(25)17-19;1-26(2)27(3,4)33-28(32-26)22-17-15-21(16-18-22)25-30-23(19-11-7-5-8-12-19)29-24(31-25)20-13-9-6-10-14-20/h1-31H;1-17H;5-18H,1-4H3. The predicted molar refractivity (Wildman–Crippen MR) is 501 cm³/mol. The fourth-order valence-corrected chi connectivity index (χ4v) is 17.6. The molecule has 22 heteroatoms. The maximum atomic E-state index is 14.6. The van der Waals surface area contributed by atoms with Gasteiger partial charge >= 0.3 is 40.5 Å². The first-order valence-electron chi connectivity index (χ1n) is 41.8. The topological polar surface area (TPSA) is 139 Å². The summed E-state index contributed by atoms with van der Waals surface area (Å²) >= 11 is 0. The minimum atomic E-state index is -7.43. The number of hydrogen-bond acceptors (Lipinski definition) is 11. The molecule has 1 saturated heterocycles. The first-order valence-corrected chi connectivity index (χ1v) is 43.2. The van der Waals surface area contributed by atoms with Gasteiger partial charge in [-0.2, -0.15) is 47.9 Å². The molecule has 638 valence electrons. The zero-order valence-electron chi connectivity index (χ0n) is 69.9. The number of rotatable bonds is 15. The molecule has 20 aromatic rings. The van der Waals surface area contributed by atoms with E-state index in [1.807, 2.05) is 188 Å². The molecule has 0 unspecified atom stereocenters. The first-order chi connectivity index (χ1) is 62.6. The molecule has 1 fully saturated rings. The van der Waals surface area contributed by atoms with Crippen LogP contribution < -0.4 is 9.65 Å². The van der Waals surface area contributed by atoms with Crippen molar-refractivity contribution < 1.29 is 61.4 Å². The van der Waals surface area contributed by atoms with Crippen LogP contribution in [-0.2, 0) is 19.4 Å². The van der Waals surface area contributed by atoms with Crippen LogP contribution in [0.5, 0.6) is 5.75 Å². The predicted octanol–water partition coefficient (Wildman–Crippen LogP) is 28.1. The van der Waals surface area contributed by atoms with Crippen LogP contribution in [0.2, 0.25) is 0 Å². The van der Waals surface area contributed by atoms with Crippen LogP contribution in [0.1, 0.15) is 27.7 Å². The van der Waals surface area contributed by atoms with Gasteiger partial charge in [0.1, 0.15) is 0 Å². The molecule has 0 amide bonds. The molecule has 2 aromatic heterocycles. The van der Waals surface area contributed by atoms with Gasteiger partial charge in [0.25, 0.3) is 0 Å². The lowest BCUT2D eigenvalue weighted by Gasteiger charge is -2.32. The van der Waals surface area contributed by atoms with Gasteiger partial charge in [-0.3, -0.25) is 0 Å². The summed E-state index contributed by atoms with van der Waals surface area (Å²) in [5.41, 5.74) is 10.6. The fraction of sp³-hybridized carbons (Fsp3) is 0.0926. The van der Waals surface area contributed by atoms with Crippen molar-refractivity contribution in [3.8, 4) is 107 Å². The second-order valence-corrected chi connectivity index (χ2v) is 34.2. The van der Waals surface area contributed by atoms with Crippen LogP contribution in [0.25, 0.3) is 188 Å². The maximum absolute atomic E-state index is 14.6. The van der Waals surface area contributed by atoms with Crippen molar-refractivity contribution in [2.75, 3.05) is 0 Å². The van der Waals surface area contributed by atoms with Crippen LogP contribution in [0, 0.1) is 0 Å². The summed E-state index contributed by atoms with van der Waals surface area (Å²) in [6.45, 7) is 8.23. The molecule has 1 aliphatic heterocycles. The minimum absolute atomic E-state index is 0.153. The molecule has 0 aliphatic carbocycles. The maximum Gasteiger partial charge on any atom is 0.494 e. The molecule has 18 aromatic carbocycles. The number of halogens is 9. The number of hydrogen-bond donors (Lipinski definition) is 0. The number of benzene rings is 18. The highest BCUT2D eigenvalue weighted by Crippen LogP contribution is 2.56. The third kappa shape index (κ3) is 15.5. The molecule has 0 N–H and O–H groups in total. The number of nitrogens with zero attached hydrogens (tertiary/aromatic N) is 6. The molecule has 0 atom stereocenters.